The Hall–Kier alpha value is -2.35. The second-order valence-corrected chi connectivity index (χ2v) is 7.22. The number of aryl methyl sites for hydroxylation is 1. The van der Waals surface area contributed by atoms with Gasteiger partial charge < -0.3 is 4.74 Å². The van der Waals surface area contributed by atoms with Gasteiger partial charge in [0, 0.05) is 6.08 Å². The molecule has 0 aliphatic carbocycles. The van der Waals surface area contributed by atoms with Crippen LogP contribution in [0.25, 0.3) is 0 Å². The third kappa shape index (κ3) is 16.3. The van der Waals surface area contributed by atoms with Gasteiger partial charge in [-0.1, -0.05) is 118 Å². The first-order valence-electron chi connectivity index (χ1n) is 11.2. The van der Waals surface area contributed by atoms with Gasteiger partial charge in [-0.05, 0) is 31.2 Å². The van der Waals surface area contributed by atoms with Crippen molar-refractivity contribution in [2.24, 2.45) is 0 Å². The Morgan fingerprint density at radius 1 is 0.793 bits per heavy atom. The van der Waals surface area contributed by atoms with E-state index in [0.717, 1.165) is 19.3 Å². The van der Waals surface area contributed by atoms with Crippen LogP contribution in [0.1, 0.15) is 70.3 Å². The largest absolute Gasteiger partial charge is 0.463 e. The highest BCUT2D eigenvalue weighted by Gasteiger charge is 1.96. The molecule has 1 aromatic carbocycles. The number of hydrogen-bond donors (Lipinski definition) is 0. The number of ether oxygens (including phenoxy) is 1. The van der Waals surface area contributed by atoms with Crippen LogP contribution in [0.5, 0.6) is 0 Å². The first-order chi connectivity index (χ1) is 14.3. The molecular formula is C27H38O2. The zero-order valence-corrected chi connectivity index (χ0v) is 18.1. The van der Waals surface area contributed by atoms with Crippen molar-refractivity contribution in [1.29, 1.82) is 0 Å². The quantitative estimate of drug-likeness (QED) is 0.125. The Morgan fingerprint density at radius 2 is 1.45 bits per heavy atom. The predicted octanol–water partition coefficient (Wildman–Crippen LogP) is 7.53. The van der Waals surface area contributed by atoms with Gasteiger partial charge in [0.05, 0.1) is 6.61 Å². The molecule has 29 heavy (non-hydrogen) atoms. The van der Waals surface area contributed by atoms with E-state index in [9.17, 15) is 4.79 Å². The average molecular weight is 395 g/mol. The lowest BCUT2D eigenvalue weighted by Gasteiger charge is -2.02. The molecule has 0 amide bonds. The molecule has 158 valence electrons. The summed E-state index contributed by atoms with van der Waals surface area (Å²) in [5.74, 6) is -0.290. The summed E-state index contributed by atoms with van der Waals surface area (Å²) in [7, 11) is 0. The summed E-state index contributed by atoms with van der Waals surface area (Å²) in [6, 6.07) is 10.2. The van der Waals surface area contributed by atoms with Crippen molar-refractivity contribution in [3.8, 4) is 0 Å². The molecular weight excluding hydrogens is 356 g/mol. The van der Waals surface area contributed by atoms with Crippen molar-refractivity contribution >= 4 is 5.97 Å². The fraction of sp³-hybridized carbons (Fsp3) is 0.444. The van der Waals surface area contributed by atoms with E-state index in [0.29, 0.717) is 6.61 Å². The average Bonchev–Trinajstić information content (AvgIpc) is 2.75. The first kappa shape index (κ1) is 24.7. The molecule has 0 bridgehead atoms. The van der Waals surface area contributed by atoms with Gasteiger partial charge in [0.25, 0.3) is 0 Å². The predicted molar refractivity (Wildman–Crippen MR) is 125 cm³/mol. The van der Waals surface area contributed by atoms with Crippen molar-refractivity contribution in [2.75, 3.05) is 6.61 Å². The number of unbranched alkanes of at least 4 members (excludes halogenated alkanes) is 7. The van der Waals surface area contributed by atoms with E-state index >= 15 is 0 Å². The molecule has 0 saturated heterocycles. The topological polar surface area (TPSA) is 26.3 Å². The highest BCUT2D eigenvalue weighted by atomic mass is 16.5. The minimum absolute atomic E-state index is 0.290. The van der Waals surface area contributed by atoms with Gasteiger partial charge in [0.1, 0.15) is 0 Å². The van der Waals surface area contributed by atoms with Gasteiger partial charge >= 0.3 is 5.97 Å². The van der Waals surface area contributed by atoms with E-state index in [-0.39, 0.29) is 5.97 Å². The molecule has 1 rings (SSSR count). The molecule has 0 N–H and O–H groups in total. The standard InChI is InChI=1S/C27H38O2/c1-2-3-4-5-6-7-8-9-10-11-12-13-14-15-19-24-27(28)29-25-20-23-26-21-17-16-18-22-26/h10-19,21-22,24H,2-9,20,23,25H2,1H3. The number of benzene rings is 1. The number of carbonyl (C=O) groups is 1. The van der Waals surface area contributed by atoms with Crippen molar-refractivity contribution < 1.29 is 9.53 Å². The Labute approximate surface area is 178 Å². The highest BCUT2D eigenvalue weighted by molar-refractivity contribution is 5.82. The monoisotopic (exact) mass is 394 g/mol. The summed E-state index contributed by atoms with van der Waals surface area (Å²) in [6.07, 6.45) is 27.6. The molecule has 0 aliphatic heterocycles. The Kier molecular flexibility index (Phi) is 16.2. The van der Waals surface area contributed by atoms with E-state index < -0.39 is 0 Å². The van der Waals surface area contributed by atoms with Crippen LogP contribution in [0.4, 0.5) is 0 Å². The zero-order valence-electron chi connectivity index (χ0n) is 18.1. The molecule has 0 saturated carbocycles. The fourth-order valence-corrected chi connectivity index (χ4v) is 2.93. The third-order valence-corrected chi connectivity index (χ3v) is 4.60. The van der Waals surface area contributed by atoms with Crippen molar-refractivity contribution in [3.05, 3.63) is 84.5 Å². The van der Waals surface area contributed by atoms with Gasteiger partial charge in [-0.25, -0.2) is 4.79 Å². The molecule has 0 spiro atoms. The van der Waals surface area contributed by atoms with Crippen LogP contribution in [0.15, 0.2) is 78.9 Å². The van der Waals surface area contributed by atoms with Crippen molar-refractivity contribution in [1.82, 2.24) is 0 Å². The normalized spacial score (nSPS) is 12.0. The number of hydrogen-bond acceptors (Lipinski definition) is 2. The number of esters is 1. The maximum atomic E-state index is 11.6. The second kappa shape index (κ2) is 19.0. The molecule has 0 fully saturated rings. The Morgan fingerprint density at radius 3 is 2.21 bits per heavy atom. The van der Waals surface area contributed by atoms with Crippen LogP contribution in [-0.4, -0.2) is 12.6 Å². The summed E-state index contributed by atoms with van der Waals surface area (Å²) < 4.78 is 5.19. The maximum Gasteiger partial charge on any atom is 0.330 e. The van der Waals surface area contributed by atoms with Gasteiger partial charge in [-0.3, -0.25) is 0 Å². The Bertz CT molecular complexity index is 623. The molecule has 0 radical (unpaired) electrons. The molecule has 1 aromatic rings. The van der Waals surface area contributed by atoms with Crippen LogP contribution in [0.3, 0.4) is 0 Å². The number of allylic oxidation sites excluding steroid dienone is 7. The minimum Gasteiger partial charge on any atom is -0.463 e. The van der Waals surface area contributed by atoms with E-state index in [1.165, 1.54) is 56.6 Å². The highest BCUT2D eigenvalue weighted by Crippen LogP contribution is 2.08. The summed E-state index contributed by atoms with van der Waals surface area (Å²) in [4.78, 5) is 11.6. The SMILES string of the molecule is CCCCCCCCCC=CC=CC=CC=CC(=O)OCCCc1ccccc1. The Balaban J connectivity index is 1.99. The van der Waals surface area contributed by atoms with E-state index in [1.807, 2.05) is 42.5 Å². The van der Waals surface area contributed by atoms with Gasteiger partial charge in [-0.15, -0.1) is 0 Å². The van der Waals surface area contributed by atoms with Gasteiger partial charge in [0.2, 0.25) is 0 Å². The smallest absolute Gasteiger partial charge is 0.330 e. The molecule has 0 atom stereocenters. The molecule has 0 aromatic heterocycles. The number of carbonyl (C=O) groups excluding carboxylic acids is 1. The second-order valence-electron chi connectivity index (χ2n) is 7.22. The van der Waals surface area contributed by atoms with E-state index in [1.54, 1.807) is 6.08 Å². The lowest BCUT2D eigenvalue weighted by molar-refractivity contribution is -0.137. The lowest BCUT2D eigenvalue weighted by atomic mass is 10.1. The fourth-order valence-electron chi connectivity index (χ4n) is 2.93. The zero-order chi connectivity index (χ0) is 20.8. The van der Waals surface area contributed by atoms with Crippen LogP contribution in [-0.2, 0) is 16.0 Å². The van der Waals surface area contributed by atoms with Crippen molar-refractivity contribution in [3.63, 3.8) is 0 Å². The van der Waals surface area contributed by atoms with Crippen LogP contribution >= 0.6 is 0 Å². The lowest BCUT2D eigenvalue weighted by Crippen LogP contribution is -2.03. The van der Waals surface area contributed by atoms with Gasteiger partial charge in [0.15, 0.2) is 0 Å². The molecule has 0 heterocycles. The summed E-state index contributed by atoms with van der Waals surface area (Å²) in [6.45, 7) is 2.71. The van der Waals surface area contributed by atoms with Gasteiger partial charge in [-0.2, -0.15) is 0 Å². The van der Waals surface area contributed by atoms with Crippen LogP contribution < -0.4 is 0 Å². The maximum absolute atomic E-state index is 11.6. The minimum atomic E-state index is -0.290. The number of rotatable bonds is 16. The van der Waals surface area contributed by atoms with Crippen molar-refractivity contribution in [2.45, 2.75) is 71.1 Å². The van der Waals surface area contributed by atoms with E-state index in [2.05, 4.69) is 31.2 Å². The molecule has 2 nitrogen and oxygen atoms in total. The molecule has 2 heteroatoms. The summed E-state index contributed by atoms with van der Waals surface area (Å²) in [5.41, 5.74) is 1.27. The first-order valence-corrected chi connectivity index (χ1v) is 11.2. The van der Waals surface area contributed by atoms with Crippen LogP contribution in [0.2, 0.25) is 0 Å². The summed E-state index contributed by atoms with van der Waals surface area (Å²) in [5, 5.41) is 0. The third-order valence-electron chi connectivity index (χ3n) is 4.60. The molecule has 0 unspecified atom stereocenters. The summed E-state index contributed by atoms with van der Waals surface area (Å²) >= 11 is 0. The van der Waals surface area contributed by atoms with Crippen LogP contribution in [0, 0.1) is 0 Å². The molecule has 0 aliphatic rings. The van der Waals surface area contributed by atoms with E-state index in [4.69, 9.17) is 4.74 Å².